The van der Waals surface area contributed by atoms with Crippen molar-refractivity contribution < 1.29 is 18.8 Å². The van der Waals surface area contributed by atoms with E-state index in [-0.39, 0.29) is 21.3 Å². The summed E-state index contributed by atoms with van der Waals surface area (Å²) in [5.74, 6) is -1.68. The first-order chi connectivity index (χ1) is 14.5. The van der Waals surface area contributed by atoms with Gasteiger partial charge in [-0.3, -0.25) is 25.2 Å². The Morgan fingerprint density at radius 1 is 0.800 bits per heavy atom. The summed E-state index contributed by atoms with van der Waals surface area (Å²) in [6.45, 7) is 0. The van der Waals surface area contributed by atoms with Gasteiger partial charge >= 0.3 is 0 Å². The Hall–Kier alpha value is -3.55. The molecule has 3 rings (SSSR count). The van der Waals surface area contributed by atoms with Crippen LogP contribution in [-0.2, 0) is 4.79 Å². The highest BCUT2D eigenvalue weighted by Gasteiger charge is 2.18. The van der Waals surface area contributed by atoms with Crippen LogP contribution in [0.1, 0.15) is 26.5 Å². The summed E-state index contributed by atoms with van der Waals surface area (Å²) in [6.07, 6.45) is 2.74. The van der Waals surface area contributed by atoms with Crippen molar-refractivity contribution in [2.45, 2.75) is 0 Å². The summed E-state index contributed by atoms with van der Waals surface area (Å²) in [6, 6.07) is 16.1. The Morgan fingerprint density at radius 3 is 2.13 bits per heavy atom. The molecule has 0 unspecified atom stereocenters. The minimum atomic E-state index is -0.785. The highest BCUT2D eigenvalue weighted by atomic mass is 35.5. The molecule has 3 amide bonds. The molecule has 3 aromatic rings. The van der Waals surface area contributed by atoms with Crippen LogP contribution in [0, 0.1) is 0 Å². The maximum absolute atomic E-state index is 12.6. The van der Waals surface area contributed by atoms with Crippen LogP contribution in [0.2, 0.25) is 10.0 Å². The van der Waals surface area contributed by atoms with Crippen molar-refractivity contribution in [2.24, 2.45) is 0 Å². The lowest BCUT2D eigenvalue weighted by atomic mass is 10.2. The molecule has 7 nitrogen and oxygen atoms in total. The maximum atomic E-state index is 12.6. The van der Waals surface area contributed by atoms with E-state index in [9.17, 15) is 14.4 Å². The molecule has 0 saturated heterocycles. The zero-order valence-electron chi connectivity index (χ0n) is 15.3. The molecule has 3 N–H and O–H groups in total. The second-order valence-electron chi connectivity index (χ2n) is 5.90. The van der Waals surface area contributed by atoms with Crippen molar-refractivity contribution in [3.8, 4) is 0 Å². The van der Waals surface area contributed by atoms with E-state index in [0.29, 0.717) is 11.3 Å². The van der Waals surface area contributed by atoms with E-state index in [1.54, 1.807) is 48.5 Å². The Bertz CT molecular complexity index is 1080. The third kappa shape index (κ3) is 5.28. The first-order valence-corrected chi connectivity index (χ1v) is 9.37. The fraction of sp³-hybridized carbons (Fsp3) is 0. The topological polar surface area (TPSA) is 100 Å². The van der Waals surface area contributed by atoms with Crippen molar-refractivity contribution in [2.75, 3.05) is 0 Å². The van der Waals surface area contributed by atoms with Gasteiger partial charge in [0.2, 0.25) is 0 Å². The first-order valence-electron chi connectivity index (χ1n) is 8.62. The molecule has 9 heteroatoms. The summed E-state index contributed by atoms with van der Waals surface area (Å²) in [5.41, 5.74) is 4.65. The van der Waals surface area contributed by atoms with Crippen LogP contribution >= 0.6 is 23.2 Å². The first kappa shape index (κ1) is 21.2. The number of benzene rings is 2. The molecule has 1 heterocycles. The summed E-state index contributed by atoms with van der Waals surface area (Å²) in [7, 11) is 0. The molecule has 2 aromatic carbocycles. The SMILES string of the molecule is O=C(NNC(=O)c1c(Cl)cccc1Cl)/C(=C/c1ccco1)NC(=O)c1ccccc1. The molecule has 0 atom stereocenters. The number of carbonyl (C=O) groups is 3. The fourth-order valence-electron chi connectivity index (χ4n) is 2.42. The molecular weight excluding hydrogens is 429 g/mol. The zero-order valence-corrected chi connectivity index (χ0v) is 16.8. The number of nitrogens with one attached hydrogen (secondary N) is 3. The minimum Gasteiger partial charge on any atom is -0.465 e. The van der Waals surface area contributed by atoms with Gasteiger partial charge in [-0.1, -0.05) is 47.5 Å². The van der Waals surface area contributed by atoms with Crippen molar-refractivity contribution >= 4 is 47.0 Å². The van der Waals surface area contributed by atoms with E-state index in [1.165, 1.54) is 24.5 Å². The number of rotatable bonds is 5. The van der Waals surface area contributed by atoms with E-state index < -0.39 is 17.7 Å². The number of carbonyl (C=O) groups excluding carboxylic acids is 3. The standard InChI is InChI=1S/C21H15Cl2N3O4/c22-15-9-4-10-16(23)18(15)21(29)26-25-20(28)17(12-14-8-5-11-30-14)24-19(27)13-6-2-1-3-7-13/h1-12H,(H,24,27)(H,25,28)(H,26,29)/b17-12-. The lowest BCUT2D eigenvalue weighted by molar-refractivity contribution is -0.118. The molecule has 0 radical (unpaired) electrons. The van der Waals surface area contributed by atoms with E-state index in [0.717, 1.165) is 0 Å². The molecule has 0 fully saturated rings. The Labute approximate surface area is 181 Å². The average Bonchev–Trinajstić information content (AvgIpc) is 3.25. The fourth-order valence-corrected chi connectivity index (χ4v) is 2.99. The zero-order chi connectivity index (χ0) is 21.5. The lowest BCUT2D eigenvalue weighted by Gasteiger charge is -2.12. The van der Waals surface area contributed by atoms with Crippen LogP contribution in [0.15, 0.2) is 77.0 Å². The number of hydrogen-bond acceptors (Lipinski definition) is 4. The molecule has 0 aliphatic rings. The van der Waals surface area contributed by atoms with Crippen LogP contribution in [-0.4, -0.2) is 17.7 Å². The van der Waals surface area contributed by atoms with E-state index in [2.05, 4.69) is 16.2 Å². The van der Waals surface area contributed by atoms with Gasteiger partial charge in [0.05, 0.1) is 21.9 Å². The predicted molar refractivity (Wildman–Crippen MR) is 113 cm³/mol. The van der Waals surface area contributed by atoms with E-state index in [4.69, 9.17) is 27.6 Å². The second kappa shape index (κ2) is 9.78. The summed E-state index contributed by atoms with van der Waals surface area (Å²) < 4.78 is 5.20. The van der Waals surface area contributed by atoms with Gasteiger partial charge < -0.3 is 9.73 Å². The van der Waals surface area contributed by atoms with Crippen molar-refractivity contribution in [1.29, 1.82) is 0 Å². The third-order valence-corrected chi connectivity index (χ3v) is 4.47. The molecule has 1 aromatic heterocycles. The molecule has 0 spiro atoms. The van der Waals surface area contributed by atoms with Crippen molar-refractivity contribution in [1.82, 2.24) is 16.2 Å². The van der Waals surface area contributed by atoms with Gasteiger partial charge in [-0.15, -0.1) is 0 Å². The van der Waals surface area contributed by atoms with E-state index >= 15 is 0 Å². The quantitative estimate of drug-likeness (QED) is 0.412. The minimum absolute atomic E-state index is 0.00557. The monoisotopic (exact) mass is 443 g/mol. The largest absolute Gasteiger partial charge is 0.465 e. The van der Waals surface area contributed by atoms with Gasteiger partial charge in [-0.05, 0) is 36.4 Å². The predicted octanol–water partition coefficient (Wildman–Crippen LogP) is 3.82. The molecule has 152 valence electrons. The molecule has 0 bridgehead atoms. The number of hydrazine groups is 1. The molecule has 0 saturated carbocycles. The highest BCUT2D eigenvalue weighted by molar-refractivity contribution is 6.39. The maximum Gasteiger partial charge on any atom is 0.286 e. The molecular formula is C21H15Cl2N3O4. The number of furan rings is 1. The van der Waals surface area contributed by atoms with Crippen LogP contribution in [0.3, 0.4) is 0 Å². The molecule has 30 heavy (non-hydrogen) atoms. The van der Waals surface area contributed by atoms with Gasteiger partial charge in [-0.25, -0.2) is 0 Å². The highest BCUT2D eigenvalue weighted by Crippen LogP contribution is 2.23. The average molecular weight is 444 g/mol. The smallest absolute Gasteiger partial charge is 0.286 e. The lowest BCUT2D eigenvalue weighted by Crippen LogP contribution is -2.45. The van der Waals surface area contributed by atoms with Crippen molar-refractivity contribution in [3.63, 3.8) is 0 Å². The van der Waals surface area contributed by atoms with Crippen LogP contribution in [0.5, 0.6) is 0 Å². The Balaban J connectivity index is 1.75. The third-order valence-electron chi connectivity index (χ3n) is 3.84. The van der Waals surface area contributed by atoms with Crippen LogP contribution in [0.25, 0.3) is 6.08 Å². The van der Waals surface area contributed by atoms with Gasteiger partial charge in [0.15, 0.2) is 0 Å². The van der Waals surface area contributed by atoms with Crippen molar-refractivity contribution in [3.05, 3.63) is 99.6 Å². The molecule has 0 aliphatic heterocycles. The van der Waals surface area contributed by atoms with Gasteiger partial charge in [-0.2, -0.15) is 0 Å². The number of hydrogen-bond donors (Lipinski definition) is 3. The van der Waals surface area contributed by atoms with Gasteiger partial charge in [0.1, 0.15) is 11.5 Å². The number of halogens is 2. The summed E-state index contributed by atoms with van der Waals surface area (Å²) in [4.78, 5) is 37.4. The normalized spacial score (nSPS) is 10.9. The second-order valence-corrected chi connectivity index (χ2v) is 6.71. The molecule has 0 aliphatic carbocycles. The van der Waals surface area contributed by atoms with E-state index in [1.807, 2.05) is 0 Å². The number of amides is 3. The summed E-state index contributed by atoms with van der Waals surface area (Å²) in [5, 5.41) is 2.75. The Kier molecular flexibility index (Phi) is 6.90. The van der Waals surface area contributed by atoms with Gasteiger partial charge in [0.25, 0.3) is 17.7 Å². The van der Waals surface area contributed by atoms with Crippen LogP contribution in [0.4, 0.5) is 0 Å². The van der Waals surface area contributed by atoms with Gasteiger partial charge in [0, 0.05) is 11.6 Å². The Morgan fingerprint density at radius 2 is 1.50 bits per heavy atom. The summed E-state index contributed by atoms with van der Waals surface area (Å²) >= 11 is 12.0. The van der Waals surface area contributed by atoms with Crippen LogP contribution < -0.4 is 16.2 Å².